The van der Waals surface area contributed by atoms with Gasteiger partial charge in [0.05, 0.1) is 12.2 Å². The second-order valence-electron chi connectivity index (χ2n) is 6.91. The summed E-state index contributed by atoms with van der Waals surface area (Å²) in [7, 11) is 1.71. The molecule has 1 N–H and O–H groups in total. The lowest BCUT2D eigenvalue weighted by molar-refractivity contribution is -0.133. The third kappa shape index (κ3) is 5.49. The Morgan fingerprint density at radius 2 is 1.75 bits per heavy atom. The Bertz CT molecular complexity index is 823. The summed E-state index contributed by atoms with van der Waals surface area (Å²) < 4.78 is 5.53. The first kappa shape index (κ1) is 21.8. The number of nitrogens with one attached hydrogen (secondary N) is 1. The molecule has 2 amide bonds. The predicted molar refractivity (Wildman–Crippen MR) is 112 cm³/mol. The first-order valence-electron chi connectivity index (χ1n) is 9.36. The van der Waals surface area contributed by atoms with Crippen LogP contribution in [-0.4, -0.2) is 36.4 Å². The number of halogens is 1. The van der Waals surface area contributed by atoms with Crippen molar-refractivity contribution in [3.05, 3.63) is 64.7 Å². The predicted octanol–water partition coefficient (Wildman–Crippen LogP) is 4.15. The molecular formula is C22H27ClN2O3. The summed E-state index contributed by atoms with van der Waals surface area (Å²) in [5, 5.41) is 3.48. The van der Waals surface area contributed by atoms with E-state index in [1.54, 1.807) is 36.2 Å². The summed E-state index contributed by atoms with van der Waals surface area (Å²) in [6.07, 6.45) is 0. The smallest absolute Gasteiger partial charge is 0.255 e. The van der Waals surface area contributed by atoms with Gasteiger partial charge < -0.3 is 15.0 Å². The van der Waals surface area contributed by atoms with E-state index < -0.39 is 6.04 Å². The highest BCUT2D eigenvalue weighted by molar-refractivity contribution is 6.31. The Labute approximate surface area is 171 Å². The fourth-order valence-electron chi connectivity index (χ4n) is 2.87. The van der Waals surface area contributed by atoms with Gasteiger partial charge in [0.1, 0.15) is 11.8 Å². The number of para-hydroxylation sites is 1. The third-order valence-electron chi connectivity index (χ3n) is 4.39. The lowest BCUT2D eigenvalue weighted by Crippen LogP contribution is -2.50. The number of ether oxygens (including phenoxy) is 1. The number of nitrogens with zero attached hydrogens (tertiary/aromatic N) is 1. The fourth-order valence-corrected chi connectivity index (χ4v) is 3.06. The molecule has 0 fully saturated rings. The summed E-state index contributed by atoms with van der Waals surface area (Å²) in [5.74, 6) is -0.0781. The average Bonchev–Trinajstić information content (AvgIpc) is 2.67. The van der Waals surface area contributed by atoms with Gasteiger partial charge in [0.25, 0.3) is 5.91 Å². The zero-order chi connectivity index (χ0) is 20.7. The second kappa shape index (κ2) is 10.1. The maximum Gasteiger partial charge on any atom is 0.255 e. The standard InChI is InChI=1S/C22H27ClN2O3/c1-5-28-19-13-9-7-11-17(19)21(26)24-20(15(2)3)22(27)25(4)14-16-10-6-8-12-18(16)23/h6-13,15,20H,5,14H2,1-4H3,(H,24,26). The maximum atomic E-state index is 13.0. The SMILES string of the molecule is CCOc1ccccc1C(=O)NC(C(=O)N(C)Cc1ccccc1Cl)C(C)C. The molecule has 2 aromatic rings. The van der Waals surface area contributed by atoms with E-state index in [4.69, 9.17) is 16.3 Å². The van der Waals surface area contributed by atoms with Gasteiger partial charge in [0.2, 0.25) is 5.91 Å². The first-order valence-corrected chi connectivity index (χ1v) is 9.74. The minimum absolute atomic E-state index is 0.0793. The molecule has 0 aliphatic carbocycles. The van der Waals surface area contributed by atoms with Crippen LogP contribution in [0.2, 0.25) is 5.02 Å². The molecule has 0 saturated heterocycles. The Kier molecular flexibility index (Phi) is 7.88. The molecule has 5 nitrogen and oxygen atoms in total. The number of likely N-dealkylation sites (N-methyl/N-ethyl adjacent to an activating group) is 1. The van der Waals surface area contributed by atoms with Gasteiger partial charge in [-0.2, -0.15) is 0 Å². The minimum atomic E-state index is -0.658. The zero-order valence-corrected chi connectivity index (χ0v) is 17.5. The Morgan fingerprint density at radius 1 is 1.11 bits per heavy atom. The van der Waals surface area contributed by atoms with E-state index in [1.807, 2.05) is 45.0 Å². The van der Waals surface area contributed by atoms with E-state index in [0.29, 0.717) is 29.5 Å². The Balaban J connectivity index is 2.15. The van der Waals surface area contributed by atoms with Gasteiger partial charge in [-0.15, -0.1) is 0 Å². The summed E-state index contributed by atoms with van der Waals surface area (Å²) in [5.41, 5.74) is 1.27. The van der Waals surface area contributed by atoms with Gasteiger partial charge in [0.15, 0.2) is 0 Å². The number of carbonyl (C=O) groups is 2. The monoisotopic (exact) mass is 402 g/mol. The maximum absolute atomic E-state index is 13.0. The van der Waals surface area contributed by atoms with Crippen molar-refractivity contribution < 1.29 is 14.3 Å². The minimum Gasteiger partial charge on any atom is -0.493 e. The number of rotatable bonds is 8. The second-order valence-corrected chi connectivity index (χ2v) is 7.32. The van der Waals surface area contributed by atoms with Crippen molar-refractivity contribution in [2.45, 2.75) is 33.4 Å². The molecule has 0 spiro atoms. The first-order chi connectivity index (χ1) is 13.3. The van der Waals surface area contributed by atoms with Crippen molar-refractivity contribution in [3.63, 3.8) is 0 Å². The lowest BCUT2D eigenvalue weighted by Gasteiger charge is -2.27. The topological polar surface area (TPSA) is 58.6 Å². The van der Waals surface area contributed by atoms with Crippen LogP contribution in [0.4, 0.5) is 0 Å². The fraction of sp³-hybridized carbons (Fsp3) is 0.364. The molecule has 0 saturated carbocycles. The van der Waals surface area contributed by atoms with Crippen molar-refractivity contribution >= 4 is 23.4 Å². The van der Waals surface area contributed by atoms with Crippen LogP contribution in [0.3, 0.4) is 0 Å². The molecule has 28 heavy (non-hydrogen) atoms. The van der Waals surface area contributed by atoms with Crippen LogP contribution in [0.15, 0.2) is 48.5 Å². The quantitative estimate of drug-likeness (QED) is 0.721. The van der Waals surface area contributed by atoms with Crippen LogP contribution in [-0.2, 0) is 11.3 Å². The van der Waals surface area contributed by atoms with Crippen molar-refractivity contribution in [1.29, 1.82) is 0 Å². The van der Waals surface area contributed by atoms with Crippen molar-refractivity contribution in [2.24, 2.45) is 5.92 Å². The van der Waals surface area contributed by atoms with Gasteiger partial charge in [0, 0.05) is 18.6 Å². The summed E-state index contributed by atoms with van der Waals surface area (Å²) >= 11 is 6.21. The van der Waals surface area contributed by atoms with Gasteiger partial charge in [-0.05, 0) is 36.6 Å². The van der Waals surface area contributed by atoms with Gasteiger partial charge in [-0.3, -0.25) is 9.59 Å². The van der Waals surface area contributed by atoms with E-state index in [9.17, 15) is 9.59 Å². The van der Waals surface area contributed by atoms with E-state index in [2.05, 4.69) is 5.32 Å². The molecule has 0 bridgehead atoms. The van der Waals surface area contributed by atoms with Crippen molar-refractivity contribution in [3.8, 4) is 5.75 Å². The molecule has 6 heteroatoms. The molecule has 0 radical (unpaired) electrons. The van der Waals surface area contributed by atoms with Gasteiger partial charge in [-0.25, -0.2) is 0 Å². The average molecular weight is 403 g/mol. The van der Waals surface area contributed by atoms with Crippen molar-refractivity contribution in [2.75, 3.05) is 13.7 Å². The normalized spacial score (nSPS) is 11.8. The highest BCUT2D eigenvalue weighted by Gasteiger charge is 2.28. The van der Waals surface area contributed by atoms with Crippen LogP contribution in [0, 0.1) is 5.92 Å². The van der Waals surface area contributed by atoms with Crippen molar-refractivity contribution in [1.82, 2.24) is 10.2 Å². The van der Waals surface area contributed by atoms with Gasteiger partial charge >= 0.3 is 0 Å². The number of hydrogen-bond donors (Lipinski definition) is 1. The summed E-state index contributed by atoms with van der Waals surface area (Å²) in [6.45, 7) is 6.49. The summed E-state index contributed by atoms with van der Waals surface area (Å²) in [4.78, 5) is 27.4. The molecular weight excluding hydrogens is 376 g/mol. The molecule has 0 heterocycles. The third-order valence-corrected chi connectivity index (χ3v) is 4.76. The van der Waals surface area contributed by atoms with E-state index in [0.717, 1.165) is 5.56 Å². The molecule has 1 atom stereocenters. The molecule has 2 rings (SSSR count). The van der Waals surface area contributed by atoms with E-state index >= 15 is 0 Å². The molecule has 150 valence electrons. The van der Waals surface area contributed by atoms with E-state index in [1.165, 1.54) is 0 Å². The van der Waals surface area contributed by atoms with Crippen LogP contribution in [0.5, 0.6) is 5.75 Å². The number of hydrogen-bond acceptors (Lipinski definition) is 3. The highest BCUT2D eigenvalue weighted by atomic mass is 35.5. The van der Waals surface area contributed by atoms with Crippen LogP contribution in [0.1, 0.15) is 36.7 Å². The highest BCUT2D eigenvalue weighted by Crippen LogP contribution is 2.20. The molecule has 0 aliphatic heterocycles. The Morgan fingerprint density at radius 3 is 2.39 bits per heavy atom. The molecule has 1 unspecified atom stereocenters. The van der Waals surface area contributed by atoms with Crippen LogP contribution < -0.4 is 10.1 Å². The van der Waals surface area contributed by atoms with E-state index in [-0.39, 0.29) is 17.7 Å². The Hall–Kier alpha value is -2.53. The summed E-state index contributed by atoms with van der Waals surface area (Å²) in [6, 6.07) is 13.8. The molecule has 2 aromatic carbocycles. The molecule has 0 aromatic heterocycles. The van der Waals surface area contributed by atoms with Gasteiger partial charge in [-0.1, -0.05) is 55.8 Å². The molecule has 0 aliphatic rings. The number of carbonyl (C=O) groups excluding carboxylic acids is 2. The van der Waals surface area contributed by atoms with Crippen LogP contribution >= 0.6 is 11.6 Å². The zero-order valence-electron chi connectivity index (χ0n) is 16.7. The number of amides is 2. The largest absolute Gasteiger partial charge is 0.493 e. The van der Waals surface area contributed by atoms with Crippen LogP contribution in [0.25, 0.3) is 0 Å². The lowest BCUT2D eigenvalue weighted by atomic mass is 10.0. The number of benzene rings is 2.